The SMILES string of the molecule is COCCCCCCCO[SiH](OCCCCCCCCO)OCCCCCCCCO. The van der Waals surface area contributed by atoms with E-state index < -0.39 is 9.53 Å². The van der Waals surface area contributed by atoms with Gasteiger partial charge in [0.05, 0.1) is 0 Å². The van der Waals surface area contributed by atoms with Crippen molar-refractivity contribution in [1.29, 1.82) is 0 Å². The molecular weight excluding hydrogens is 412 g/mol. The fourth-order valence-electron chi connectivity index (χ4n) is 3.40. The maximum Gasteiger partial charge on any atom is 0.484 e. The van der Waals surface area contributed by atoms with Crippen molar-refractivity contribution < 1.29 is 28.2 Å². The van der Waals surface area contributed by atoms with E-state index in [4.69, 9.17) is 28.2 Å². The van der Waals surface area contributed by atoms with Gasteiger partial charge in [0.1, 0.15) is 0 Å². The number of unbranched alkanes of at least 4 members (excludes halogenated alkanes) is 14. The first-order chi connectivity index (χ1) is 15.3. The maximum absolute atomic E-state index is 8.82. The van der Waals surface area contributed by atoms with Crippen LogP contribution in [0.2, 0.25) is 0 Å². The smallest absolute Gasteiger partial charge is 0.396 e. The molecule has 0 spiro atoms. The Bertz CT molecular complexity index is 275. The summed E-state index contributed by atoms with van der Waals surface area (Å²) in [6, 6.07) is 0. The molecule has 188 valence electrons. The number of rotatable bonds is 27. The zero-order valence-electron chi connectivity index (χ0n) is 20.4. The van der Waals surface area contributed by atoms with Crippen LogP contribution in [0, 0.1) is 0 Å². The van der Waals surface area contributed by atoms with Crippen LogP contribution in [0.5, 0.6) is 0 Å². The van der Waals surface area contributed by atoms with Gasteiger partial charge in [0.25, 0.3) is 0 Å². The highest BCUT2D eigenvalue weighted by atomic mass is 28.3. The molecule has 0 bridgehead atoms. The molecule has 0 radical (unpaired) electrons. The van der Waals surface area contributed by atoms with Crippen LogP contribution >= 0.6 is 0 Å². The second-order valence-corrected chi connectivity index (χ2v) is 9.93. The largest absolute Gasteiger partial charge is 0.484 e. The highest BCUT2D eigenvalue weighted by Gasteiger charge is 2.15. The molecule has 0 heterocycles. The molecule has 0 atom stereocenters. The summed E-state index contributed by atoms with van der Waals surface area (Å²) in [5, 5.41) is 17.6. The summed E-state index contributed by atoms with van der Waals surface area (Å²) in [4.78, 5) is 0. The summed E-state index contributed by atoms with van der Waals surface area (Å²) in [5.74, 6) is 0. The number of methoxy groups -OCH3 is 1. The van der Waals surface area contributed by atoms with Crippen molar-refractivity contribution in [3.05, 3.63) is 0 Å². The van der Waals surface area contributed by atoms with Crippen LogP contribution in [0.1, 0.15) is 109 Å². The van der Waals surface area contributed by atoms with Crippen LogP contribution in [-0.4, -0.2) is 66.5 Å². The Balaban J connectivity index is 3.82. The van der Waals surface area contributed by atoms with E-state index >= 15 is 0 Å². The van der Waals surface area contributed by atoms with Crippen LogP contribution in [0.4, 0.5) is 0 Å². The monoisotopic (exact) mass is 464 g/mol. The summed E-state index contributed by atoms with van der Waals surface area (Å²) < 4.78 is 23.1. The minimum absolute atomic E-state index is 0.306. The standard InChI is InChI=1S/C24H52O6Si/c1-27-21-15-9-6-12-18-24-30-31(28-22-16-10-4-2-7-13-19-25)29-23-17-11-5-3-8-14-20-26/h25-26,31H,2-24H2,1H3. The van der Waals surface area contributed by atoms with Gasteiger partial charge in [0, 0.05) is 46.8 Å². The van der Waals surface area contributed by atoms with Gasteiger partial charge in [0.2, 0.25) is 0 Å². The van der Waals surface area contributed by atoms with E-state index in [1.165, 1.54) is 57.8 Å². The number of ether oxygens (including phenoxy) is 1. The summed E-state index contributed by atoms with van der Waals surface area (Å²) in [7, 11) is -0.273. The van der Waals surface area contributed by atoms with E-state index in [-0.39, 0.29) is 0 Å². The highest BCUT2D eigenvalue weighted by Crippen LogP contribution is 2.09. The zero-order valence-corrected chi connectivity index (χ0v) is 21.5. The Morgan fingerprint density at radius 3 is 1.03 bits per heavy atom. The Labute approximate surface area is 194 Å². The molecule has 7 heteroatoms. The topological polar surface area (TPSA) is 77.4 Å². The highest BCUT2D eigenvalue weighted by molar-refractivity contribution is 6.36. The lowest BCUT2D eigenvalue weighted by molar-refractivity contribution is 0.0884. The van der Waals surface area contributed by atoms with Crippen molar-refractivity contribution in [3.63, 3.8) is 0 Å². The predicted molar refractivity (Wildman–Crippen MR) is 130 cm³/mol. The normalized spacial score (nSPS) is 11.6. The molecule has 0 amide bonds. The average molecular weight is 465 g/mol. The molecule has 0 saturated carbocycles. The minimum Gasteiger partial charge on any atom is -0.396 e. The van der Waals surface area contributed by atoms with Crippen LogP contribution in [-0.2, 0) is 18.0 Å². The van der Waals surface area contributed by atoms with Crippen molar-refractivity contribution in [2.75, 3.05) is 46.8 Å². The average Bonchev–Trinajstić information content (AvgIpc) is 2.78. The van der Waals surface area contributed by atoms with E-state index in [9.17, 15) is 0 Å². The molecule has 2 N–H and O–H groups in total. The van der Waals surface area contributed by atoms with Gasteiger partial charge >= 0.3 is 9.53 Å². The quantitative estimate of drug-likeness (QED) is 0.131. The first-order valence-electron chi connectivity index (χ1n) is 12.9. The van der Waals surface area contributed by atoms with Crippen molar-refractivity contribution in [1.82, 2.24) is 0 Å². The Hall–Kier alpha value is -0.0231. The Morgan fingerprint density at radius 1 is 0.419 bits per heavy atom. The second-order valence-electron chi connectivity index (χ2n) is 8.35. The molecule has 0 rings (SSSR count). The van der Waals surface area contributed by atoms with E-state index in [1.807, 2.05) is 0 Å². The third-order valence-corrected chi connectivity index (χ3v) is 6.88. The summed E-state index contributed by atoms with van der Waals surface area (Å²) >= 11 is 0. The van der Waals surface area contributed by atoms with Gasteiger partial charge in [-0.1, -0.05) is 70.6 Å². The Kier molecular flexibility index (Phi) is 28.0. The van der Waals surface area contributed by atoms with E-state index in [2.05, 4.69) is 0 Å². The summed E-state index contributed by atoms with van der Waals surface area (Å²) in [6.07, 6.45) is 19.2. The molecule has 0 aliphatic carbocycles. The molecule has 0 aromatic rings. The number of hydrogen-bond donors (Lipinski definition) is 2. The van der Waals surface area contributed by atoms with Gasteiger partial charge in [-0.15, -0.1) is 0 Å². The van der Waals surface area contributed by atoms with Crippen molar-refractivity contribution >= 4 is 9.53 Å². The van der Waals surface area contributed by atoms with Gasteiger partial charge in [-0.3, -0.25) is 0 Å². The molecule has 0 saturated heterocycles. The molecule has 0 fully saturated rings. The minimum atomic E-state index is -2.03. The first-order valence-corrected chi connectivity index (χ1v) is 14.3. The summed E-state index contributed by atoms with van der Waals surface area (Å²) in [6.45, 7) is 3.67. The first kappa shape index (κ1) is 31.0. The fraction of sp³-hybridized carbons (Fsp3) is 1.00. The van der Waals surface area contributed by atoms with Crippen LogP contribution in [0.3, 0.4) is 0 Å². The van der Waals surface area contributed by atoms with Crippen LogP contribution < -0.4 is 0 Å². The van der Waals surface area contributed by atoms with Gasteiger partial charge < -0.3 is 28.2 Å². The van der Waals surface area contributed by atoms with Crippen molar-refractivity contribution in [2.24, 2.45) is 0 Å². The van der Waals surface area contributed by atoms with E-state index in [0.717, 1.165) is 77.8 Å². The molecule has 31 heavy (non-hydrogen) atoms. The van der Waals surface area contributed by atoms with Crippen LogP contribution in [0.25, 0.3) is 0 Å². The molecular formula is C24H52O6Si. The number of aliphatic hydroxyl groups excluding tert-OH is 2. The van der Waals surface area contributed by atoms with Gasteiger partial charge in [-0.05, 0) is 38.5 Å². The van der Waals surface area contributed by atoms with Gasteiger partial charge in [-0.25, -0.2) is 0 Å². The lowest BCUT2D eigenvalue weighted by atomic mass is 10.1. The van der Waals surface area contributed by atoms with Crippen LogP contribution in [0.15, 0.2) is 0 Å². The third-order valence-electron chi connectivity index (χ3n) is 5.36. The van der Waals surface area contributed by atoms with E-state index in [1.54, 1.807) is 7.11 Å². The lowest BCUT2D eigenvalue weighted by Gasteiger charge is -2.17. The van der Waals surface area contributed by atoms with Gasteiger partial charge in [0.15, 0.2) is 0 Å². The predicted octanol–water partition coefficient (Wildman–Crippen LogP) is 5.02. The zero-order chi connectivity index (χ0) is 22.7. The molecule has 6 nitrogen and oxygen atoms in total. The number of aliphatic hydroxyl groups is 2. The maximum atomic E-state index is 8.82. The van der Waals surface area contributed by atoms with Crippen molar-refractivity contribution in [2.45, 2.75) is 109 Å². The molecule has 0 aromatic carbocycles. The lowest BCUT2D eigenvalue weighted by Crippen LogP contribution is -2.28. The van der Waals surface area contributed by atoms with Crippen molar-refractivity contribution in [3.8, 4) is 0 Å². The second kappa shape index (κ2) is 28.0. The number of hydrogen-bond acceptors (Lipinski definition) is 6. The molecule has 0 aliphatic rings. The van der Waals surface area contributed by atoms with Gasteiger partial charge in [-0.2, -0.15) is 0 Å². The van der Waals surface area contributed by atoms with E-state index in [0.29, 0.717) is 13.2 Å². The Morgan fingerprint density at radius 2 is 0.710 bits per heavy atom. The summed E-state index contributed by atoms with van der Waals surface area (Å²) in [5.41, 5.74) is 0. The molecule has 0 aliphatic heterocycles. The molecule has 0 unspecified atom stereocenters. The third kappa shape index (κ3) is 26.1. The molecule has 0 aromatic heterocycles. The fourth-order valence-corrected chi connectivity index (χ4v) is 4.77.